The van der Waals surface area contributed by atoms with Crippen LogP contribution >= 0.6 is 0 Å². The van der Waals surface area contributed by atoms with Crippen LogP contribution in [0, 0.1) is 27.7 Å². The molecule has 0 unspecified atom stereocenters. The fraction of sp³-hybridized carbons (Fsp3) is 0.667. The van der Waals surface area contributed by atoms with Crippen LogP contribution in [0.1, 0.15) is 29.7 Å². The third-order valence-corrected chi connectivity index (χ3v) is 5.57. The summed E-state index contributed by atoms with van der Waals surface area (Å²) in [6.45, 7) is 16.2. The average molecular weight is 403 g/mol. The SMILES string of the molecule is CCOC(=O)[C@@H]1CN(CCn2nc(C)cc2C)CCN1CCn1nc(C)cc1C. The van der Waals surface area contributed by atoms with Crippen molar-refractivity contribution >= 4 is 5.97 Å². The zero-order chi connectivity index (χ0) is 21.0. The van der Waals surface area contributed by atoms with Gasteiger partial charge in [-0.15, -0.1) is 0 Å². The van der Waals surface area contributed by atoms with E-state index in [2.05, 4.69) is 46.0 Å². The Morgan fingerprint density at radius 3 is 2.07 bits per heavy atom. The Labute approximate surface area is 173 Å². The highest BCUT2D eigenvalue weighted by molar-refractivity contribution is 5.76. The number of esters is 1. The Balaban J connectivity index is 1.60. The Hall–Kier alpha value is -2.19. The van der Waals surface area contributed by atoms with Crippen molar-refractivity contribution in [3.8, 4) is 0 Å². The average Bonchev–Trinajstić information content (AvgIpc) is 3.17. The van der Waals surface area contributed by atoms with Crippen LogP contribution in [-0.2, 0) is 22.6 Å². The minimum absolute atomic E-state index is 0.128. The van der Waals surface area contributed by atoms with Crippen molar-refractivity contribution in [3.63, 3.8) is 0 Å². The van der Waals surface area contributed by atoms with Gasteiger partial charge in [-0.1, -0.05) is 0 Å². The van der Waals surface area contributed by atoms with Crippen molar-refractivity contribution in [3.05, 3.63) is 34.9 Å². The summed E-state index contributed by atoms with van der Waals surface area (Å²) in [7, 11) is 0. The minimum atomic E-state index is -0.235. The lowest BCUT2D eigenvalue weighted by atomic mass is 10.1. The third kappa shape index (κ3) is 5.45. The van der Waals surface area contributed by atoms with Gasteiger partial charge in [0.25, 0.3) is 0 Å². The third-order valence-electron chi connectivity index (χ3n) is 5.57. The van der Waals surface area contributed by atoms with Crippen LogP contribution in [0.5, 0.6) is 0 Å². The van der Waals surface area contributed by atoms with Gasteiger partial charge < -0.3 is 4.74 Å². The van der Waals surface area contributed by atoms with Crippen LogP contribution in [-0.4, -0.2) is 80.7 Å². The summed E-state index contributed by atoms with van der Waals surface area (Å²) in [6, 6.07) is 3.94. The van der Waals surface area contributed by atoms with Crippen LogP contribution in [0.25, 0.3) is 0 Å². The molecule has 1 saturated heterocycles. The quantitative estimate of drug-likeness (QED) is 0.625. The van der Waals surface area contributed by atoms with Gasteiger partial charge in [-0.05, 0) is 46.8 Å². The number of piperazine rings is 1. The van der Waals surface area contributed by atoms with Crippen molar-refractivity contribution in [2.75, 3.05) is 39.3 Å². The van der Waals surface area contributed by atoms with E-state index in [0.717, 1.165) is 56.4 Å². The number of ether oxygens (including phenoxy) is 1. The second-order valence-corrected chi connectivity index (χ2v) is 7.90. The molecular formula is C21H34N6O2. The van der Waals surface area contributed by atoms with Gasteiger partial charge in [-0.2, -0.15) is 10.2 Å². The maximum atomic E-state index is 12.6. The van der Waals surface area contributed by atoms with E-state index in [1.54, 1.807) is 0 Å². The summed E-state index contributed by atoms with van der Waals surface area (Å²) in [6.07, 6.45) is 0. The van der Waals surface area contributed by atoms with E-state index in [1.807, 2.05) is 30.1 Å². The molecule has 0 radical (unpaired) electrons. The van der Waals surface area contributed by atoms with Crippen LogP contribution in [0.2, 0.25) is 0 Å². The van der Waals surface area contributed by atoms with Crippen LogP contribution in [0.15, 0.2) is 12.1 Å². The Bertz CT molecular complexity index is 827. The van der Waals surface area contributed by atoms with Gasteiger partial charge in [-0.25, -0.2) is 0 Å². The first-order valence-electron chi connectivity index (χ1n) is 10.5. The summed E-state index contributed by atoms with van der Waals surface area (Å²) < 4.78 is 9.44. The van der Waals surface area contributed by atoms with E-state index in [0.29, 0.717) is 13.2 Å². The molecule has 29 heavy (non-hydrogen) atoms. The van der Waals surface area contributed by atoms with Crippen LogP contribution in [0.3, 0.4) is 0 Å². The molecule has 160 valence electrons. The van der Waals surface area contributed by atoms with E-state index in [4.69, 9.17) is 4.74 Å². The van der Waals surface area contributed by atoms with E-state index >= 15 is 0 Å². The molecule has 1 aliphatic heterocycles. The van der Waals surface area contributed by atoms with Crippen molar-refractivity contribution in [1.82, 2.24) is 29.4 Å². The summed E-state index contributed by atoms with van der Waals surface area (Å²) in [5.74, 6) is -0.128. The topological polar surface area (TPSA) is 68.4 Å². The smallest absolute Gasteiger partial charge is 0.324 e. The number of aryl methyl sites for hydroxylation is 4. The molecule has 2 aromatic rings. The highest BCUT2D eigenvalue weighted by atomic mass is 16.5. The van der Waals surface area contributed by atoms with Gasteiger partial charge in [0.05, 0.1) is 31.1 Å². The van der Waals surface area contributed by atoms with Gasteiger partial charge in [0.1, 0.15) is 6.04 Å². The zero-order valence-electron chi connectivity index (χ0n) is 18.4. The number of carbonyl (C=O) groups is 1. The predicted octanol–water partition coefficient (Wildman–Crippen LogP) is 1.56. The molecule has 1 atom stereocenters. The number of hydrogen-bond acceptors (Lipinski definition) is 6. The molecular weight excluding hydrogens is 368 g/mol. The zero-order valence-corrected chi connectivity index (χ0v) is 18.4. The minimum Gasteiger partial charge on any atom is -0.465 e. The molecule has 0 spiro atoms. The van der Waals surface area contributed by atoms with E-state index in [9.17, 15) is 4.79 Å². The Kier molecular flexibility index (Phi) is 7.08. The lowest BCUT2D eigenvalue weighted by Crippen LogP contribution is -2.57. The molecule has 0 N–H and O–H groups in total. The predicted molar refractivity (Wildman–Crippen MR) is 112 cm³/mol. The van der Waals surface area contributed by atoms with Crippen molar-refractivity contribution < 1.29 is 9.53 Å². The fourth-order valence-corrected chi connectivity index (χ4v) is 4.07. The molecule has 0 saturated carbocycles. The van der Waals surface area contributed by atoms with E-state index in [1.165, 1.54) is 5.69 Å². The summed E-state index contributed by atoms with van der Waals surface area (Å²) in [5.41, 5.74) is 4.39. The van der Waals surface area contributed by atoms with E-state index in [-0.39, 0.29) is 12.0 Å². The summed E-state index contributed by atoms with van der Waals surface area (Å²) in [5, 5.41) is 9.09. The largest absolute Gasteiger partial charge is 0.465 e. The first-order chi connectivity index (χ1) is 13.9. The second-order valence-electron chi connectivity index (χ2n) is 7.90. The molecule has 0 aromatic carbocycles. The molecule has 0 aliphatic carbocycles. The van der Waals surface area contributed by atoms with Gasteiger partial charge >= 0.3 is 5.97 Å². The molecule has 3 heterocycles. The number of hydrogen-bond donors (Lipinski definition) is 0. The monoisotopic (exact) mass is 402 g/mol. The molecule has 0 bridgehead atoms. The molecule has 0 amide bonds. The van der Waals surface area contributed by atoms with Crippen LogP contribution < -0.4 is 0 Å². The van der Waals surface area contributed by atoms with Crippen molar-refractivity contribution in [2.45, 2.75) is 53.8 Å². The molecule has 1 aliphatic rings. The normalized spacial score (nSPS) is 18.3. The second kappa shape index (κ2) is 9.54. The molecule has 2 aromatic heterocycles. The molecule has 1 fully saturated rings. The molecule has 8 heteroatoms. The Morgan fingerprint density at radius 2 is 1.55 bits per heavy atom. The maximum Gasteiger partial charge on any atom is 0.324 e. The van der Waals surface area contributed by atoms with Gasteiger partial charge in [0.15, 0.2) is 0 Å². The van der Waals surface area contributed by atoms with Gasteiger partial charge in [-0.3, -0.25) is 24.0 Å². The summed E-state index contributed by atoms with van der Waals surface area (Å²) in [4.78, 5) is 17.2. The first kappa shape index (κ1) is 21.5. The number of rotatable bonds is 8. The number of aromatic nitrogens is 4. The lowest BCUT2D eigenvalue weighted by Gasteiger charge is -2.40. The maximum absolute atomic E-state index is 12.6. The van der Waals surface area contributed by atoms with Gasteiger partial charge in [0.2, 0.25) is 0 Å². The number of nitrogens with zero attached hydrogens (tertiary/aromatic N) is 6. The first-order valence-corrected chi connectivity index (χ1v) is 10.5. The highest BCUT2D eigenvalue weighted by Crippen LogP contribution is 2.13. The fourth-order valence-electron chi connectivity index (χ4n) is 4.07. The Morgan fingerprint density at radius 1 is 0.966 bits per heavy atom. The lowest BCUT2D eigenvalue weighted by molar-refractivity contribution is -0.152. The molecule has 8 nitrogen and oxygen atoms in total. The van der Waals surface area contributed by atoms with Crippen molar-refractivity contribution in [1.29, 1.82) is 0 Å². The van der Waals surface area contributed by atoms with Crippen molar-refractivity contribution in [2.24, 2.45) is 0 Å². The highest BCUT2D eigenvalue weighted by Gasteiger charge is 2.33. The molecule has 3 rings (SSSR count). The van der Waals surface area contributed by atoms with E-state index < -0.39 is 0 Å². The van der Waals surface area contributed by atoms with Crippen LogP contribution in [0.4, 0.5) is 0 Å². The standard InChI is InChI=1S/C21H34N6O2/c1-6-29-21(28)20-15-24(8-11-26-18(4)13-16(2)22-26)7-9-25(20)10-12-27-19(5)14-17(3)23-27/h13-14,20H,6-12,15H2,1-5H3/t20-/m0/s1. The summed E-state index contributed by atoms with van der Waals surface area (Å²) >= 11 is 0. The van der Waals surface area contributed by atoms with Gasteiger partial charge in [0, 0.05) is 44.1 Å². The number of carbonyl (C=O) groups excluding carboxylic acids is 1.